The number of aromatic nitrogens is 1. The van der Waals surface area contributed by atoms with Gasteiger partial charge >= 0.3 is 0 Å². The number of aliphatic hydroxyl groups is 2. The van der Waals surface area contributed by atoms with Crippen LogP contribution in [0.25, 0.3) is 0 Å². The lowest BCUT2D eigenvalue weighted by molar-refractivity contribution is 0.0168. The maximum absolute atomic E-state index is 9.73. The number of aryl methyl sites for hydroxylation is 1. The highest BCUT2D eigenvalue weighted by atomic mass is 35.5. The summed E-state index contributed by atoms with van der Waals surface area (Å²) in [6, 6.07) is 1.62. The van der Waals surface area contributed by atoms with E-state index in [9.17, 15) is 10.2 Å². The lowest BCUT2D eigenvalue weighted by Gasteiger charge is -2.17. The van der Waals surface area contributed by atoms with Gasteiger partial charge in [0, 0.05) is 17.6 Å². The molecule has 84 valence electrons. The van der Waals surface area contributed by atoms with Crippen LogP contribution in [0.3, 0.4) is 0 Å². The highest BCUT2D eigenvalue weighted by molar-refractivity contribution is 6.17. The molecule has 5 heteroatoms. The minimum Gasteiger partial charge on any atom is -0.397 e. The average molecular weight is 231 g/mol. The Morgan fingerprint density at radius 1 is 1.53 bits per heavy atom. The first-order chi connectivity index (χ1) is 7.06. The van der Waals surface area contributed by atoms with Crippen molar-refractivity contribution in [3.8, 4) is 0 Å². The van der Waals surface area contributed by atoms with Crippen molar-refractivity contribution in [2.24, 2.45) is 0 Å². The highest BCUT2D eigenvalue weighted by Crippen LogP contribution is 2.21. The summed E-state index contributed by atoms with van der Waals surface area (Å²) in [5.74, 6) is 0.299. The third-order valence-electron chi connectivity index (χ3n) is 2.26. The molecule has 0 saturated heterocycles. The number of anilines is 1. The monoisotopic (exact) mass is 230 g/mol. The molecule has 0 bridgehead atoms. The summed E-state index contributed by atoms with van der Waals surface area (Å²) in [6.07, 6.45) is -0.0322. The van der Waals surface area contributed by atoms with Crippen LogP contribution in [0.5, 0.6) is 0 Å². The quantitative estimate of drug-likeness (QED) is 0.674. The lowest BCUT2D eigenvalue weighted by atomic mass is 10.0. The van der Waals surface area contributed by atoms with E-state index in [0.29, 0.717) is 29.2 Å². The van der Waals surface area contributed by atoms with Gasteiger partial charge in [0.25, 0.3) is 0 Å². The molecular formula is C10H15ClN2O2. The normalized spacial score (nSPS) is 14.9. The van der Waals surface area contributed by atoms with Gasteiger partial charge in [0.05, 0.1) is 17.5 Å². The number of pyridine rings is 1. The second-order valence-electron chi connectivity index (χ2n) is 3.43. The van der Waals surface area contributed by atoms with Crippen molar-refractivity contribution in [2.45, 2.75) is 25.6 Å². The first kappa shape index (κ1) is 12.2. The molecule has 0 aliphatic heterocycles. The van der Waals surface area contributed by atoms with Gasteiger partial charge in [0.15, 0.2) is 0 Å². The molecule has 0 amide bonds. The maximum Gasteiger partial charge on any atom is 0.106 e. The van der Waals surface area contributed by atoms with Gasteiger partial charge in [-0.2, -0.15) is 0 Å². The Morgan fingerprint density at radius 3 is 2.73 bits per heavy atom. The second kappa shape index (κ2) is 5.30. The fourth-order valence-corrected chi connectivity index (χ4v) is 1.44. The van der Waals surface area contributed by atoms with Crippen LogP contribution in [0.2, 0.25) is 0 Å². The van der Waals surface area contributed by atoms with E-state index in [2.05, 4.69) is 4.98 Å². The standard InChI is InChI=1S/C10H15ClN2O2/c1-6-8(12)4-7(5-13-6)10(15)9(14)2-3-11/h4-5,9-10,14-15H,2-3,12H2,1H3. The molecular weight excluding hydrogens is 216 g/mol. The molecule has 4 nitrogen and oxygen atoms in total. The summed E-state index contributed by atoms with van der Waals surface area (Å²) in [7, 11) is 0. The van der Waals surface area contributed by atoms with Crippen molar-refractivity contribution in [1.29, 1.82) is 0 Å². The van der Waals surface area contributed by atoms with Crippen LogP contribution >= 0.6 is 11.6 Å². The van der Waals surface area contributed by atoms with Crippen molar-refractivity contribution in [3.63, 3.8) is 0 Å². The summed E-state index contributed by atoms with van der Waals surface area (Å²) >= 11 is 5.47. The molecule has 1 aromatic rings. The Labute approximate surface area is 93.7 Å². The Bertz CT molecular complexity index is 333. The number of nitrogens with zero attached hydrogens (tertiary/aromatic N) is 1. The Hall–Kier alpha value is -0.840. The second-order valence-corrected chi connectivity index (χ2v) is 3.81. The molecule has 1 aromatic heterocycles. The molecule has 0 aliphatic rings. The molecule has 0 saturated carbocycles. The number of rotatable bonds is 4. The van der Waals surface area contributed by atoms with Gasteiger partial charge in [-0.05, 0) is 19.4 Å². The number of hydrogen-bond acceptors (Lipinski definition) is 4. The largest absolute Gasteiger partial charge is 0.397 e. The topological polar surface area (TPSA) is 79.4 Å². The number of halogens is 1. The van der Waals surface area contributed by atoms with Crippen LogP contribution in [-0.4, -0.2) is 27.2 Å². The van der Waals surface area contributed by atoms with E-state index < -0.39 is 12.2 Å². The average Bonchev–Trinajstić information content (AvgIpc) is 2.21. The molecule has 0 aromatic carbocycles. The number of alkyl halides is 1. The van der Waals surface area contributed by atoms with Crippen LogP contribution < -0.4 is 5.73 Å². The molecule has 0 fully saturated rings. The maximum atomic E-state index is 9.73. The zero-order valence-electron chi connectivity index (χ0n) is 8.52. The third-order valence-corrected chi connectivity index (χ3v) is 2.48. The smallest absolute Gasteiger partial charge is 0.106 e. The summed E-state index contributed by atoms with van der Waals surface area (Å²) in [5, 5.41) is 19.3. The molecule has 1 heterocycles. The minimum atomic E-state index is -0.987. The van der Waals surface area contributed by atoms with E-state index in [1.807, 2.05) is 0 Å². The van der Waals surface area contributed by atoms with Crippen LogP contribution in [0.4, 0.5) is 5.69 Å². The SMILES string of the molecule is Cc1ncc(C(O)C(O)CCCl)cc1N. The molecule has 1 rings (SSSR count). The van der Waals surface area contributed by atoms with Crippen LogP contribution in [-0.2, 0) is 0 Å². The number of nitrogen functional groups attached to an aromatic ring is 1. The molecule has 2 unspecified atom stereocenters. The Kier molecular flexibility index (Phi) is 4.32. The Morgan fingerprint density at radius 2 is 2.20 bits per heavy atom. The van der Waals surface area contributed by atoms with Crippen molar-refractivity contribution in [1.82, 2.24) is 4.98 Å². The van der Waals surface area contributed by atoms with Gasteiger partial charge < -0.3 is 15.9 Å². The first-order valence-corrected chi connectivity index (χ1v) is 5.23. The van der Waals surface area contributed by atoms with Crippen molar-refractivity contribution < 1.29 is 10.2 Å². The number of aliphatic hydroxyl groups excluding tert-OH is 2. The number of hydrogen-bond donors (Lipinski definition) is 3. The van der Waals surface area contributed by atoms with Crippen LogP contribution in [0.1, 0.15) is 23.8 Å². The minimum absolute atomic E-state index is 0.299. The van der Waals surface area contributed by atoms with Gasteiger partial charge in [0.2, 0.25) is 0 Å². The Balaban J connectivity index is 2.81. The lowest BCUT2D eigenvalue weighted by Crippen LogP contribution is -2.19. The van der Waals surface area contributed by atoms with Crippen molar-refractivity contribution >= 4 is 17.3 Å². The summed E-state index contributed by atoms with van der Waals surface area (Å²) in [6.45, 7) is 1.78. The van der Waals surface area contributed by atoms with Crippen molar-refractivity contribution in [3.05, 3.63) is 23.5 Å². The molecule has 4 N–H and O–H groups in total. The zero-order valence-corrected chi connectivity index (χ0v) is 9.28. The predicted molar refractivity (Wildman–Crippen MR) is 59.7 cm³/mol. The van der Waals surface area contributed by atoms with E-state index in [0.717, 1.165) is 0 Å². The highest BCUT2D eigenvalue weighted by Gasteiger charge is 2.18. The van der Waals surface area contributed by atoms with Gasteiger partial charge in [-0.15, -0.1) is 11.6 Å². The first-order valence-electron chi connectivity index (χ1n) is 4.70. The molecule has 15 heavy (non-hydrogen) atoms. The van der Waals surface area contributed by atoms with E-state index in [1.54, 1.807) is 13.0 Å². The third kappa shape index (κ3) is 3.06. The van der Waals surface area contributed by atoms with E-state index in [-0.39, 0.29) is 0 Å². The fourth-order valence-electron chi connectivity index (χ4n) is 1.22. The molecule has 0 radical (unpaired) electrons. The molecule has 2 atom stereocenters. The summed E-state index contributed by atoms with van der Waals surface area (Å²) in [5.41, 5.74) is 7.37. The van der Waals surface area contributed by atoms with Crippen LogP contribution in [0, 0.1) is 6.92 Å². The van der Waals surface area contributed by atoms with Gasteiger partial charge in [-0.1, -0.05) is 0 Å². The van der Waals surface area contributed by atoms with Gasteiger partial charge in [0.1, 0.15) is 6.10 Å². The van der Waals surface area contributed by atoms with Crippen LogP contribution in [0.15, 0.2) is 12.3 Å². The summed E-state index contributed by atoms with van der Waals surface area (Å²) in [4.78, 5) is 4.01. The summed E-state index contributed by atoms with van der Waals surface area (Å²) < 4.78 is 0. The van der Waals surface area contributed by atoms with Gasteiger partial charge in [-0.25, -0.2) is 0 Å². The van der Waals surface area contributed by atoms with Crippen molar-refractivity contribution in [2.75, 3.05) is 11.6 Å². The number of nitrogens with two attached hydrogens (primary N) is 1. The zero-order chi connectivity index (χ0) is 11.4. The predicted octanol–water partition coefficient (Wildman–Crippen LogP) is 0.995. The molecule has 0 spiro atoms. The fraction of sp³-hybridized carbons (Fsp3) is 0.500. The molecule has 0 aliphatic carbocycles. The van der Waals surface area contributed by atoms with Gasteiger partial charge in [-0.3, -0.25) is 4.98 Å². The van der Waals surface area contributed by atoms with E-state index in [4.69, 9.17) is 17.3 Å². The van der Waals surface area contributed by atoms with E-state index >= 15 is 0 Å². The van der Waals surface area contributed by atoms with E-state index in [1.165, 1.54) is 6.20 Å².